The molecule has 0 saturated heterocycles. The van der Waals surface area contributed by atoms with E-state index in [1.807, 2.05) is 0 Å². The van der Waals surface area contributed by atoms with Gasteiger partial charge in [-0.2, -0.15) is 0 Å². The second-order valence-corrected chi connectivity index (χ2v) is 5.45. The number of nitrogens with zero attached hydrogens (tertiary/aromatic N) is 1. The van der Waals surface area contributed by atoms with Crippen LogP contribution in [-0.2, 0) is 0 Å². The van der Waals surface area contributed by atoms with Crippen molar-refractivity contribution in [1.82, 2.24) is 0 Å². The molecule has 5 nitrogen and oxygen atoms in total. The highest BCUT2D eigenvalue weighted by atomic mass is 79.9. The van der Waals surface area contributed by atoms with E-state index in [-0.39, 0.29) is 28.1 Å². The topological polar surface area (TPSA) is 78.4 Å². The van der Waals surface area contributed by atoms with Crippen LogP contribution in [-0.4, -0.2) is 17.1 Å². The molecule has 2 unspecified atom stereocenters. The molecule has 1 aliphatic rings. The van der Waals surface area contributed by atoms with Crippen LogP contribution in [0.2, 0.25) is 0 Å². The van der Waals surface area contributed by atoms with E-state index >= 15 is 0 Å². The summed E-state index contributed by atoms with van der Waals surface area (Å²) in [4.78, 5) is 10.3. The van der Waals surface area contributed by atoms with Crippen molar-refractivity contribution in [2.24, 2.45) is 5.73 Å². The first-order valence-corrected chi connectivity index (χ1v) is 6.84. The zero-order valence-corrected chi connectivity index (χ0v) is 11.7. The largest absolute Gasteiger partial charge is 0.482 e. The lowest BCUT2D eigenvalue weighted by molar-refractivity contribution is -0.386. The molecule has 0 aromatic heterocycles. The van der Waals surface area contributed by atoms with Crippen LogP contribution in [0.4, 0.5) is 10.1 Å². The summed E-state index contributed by atoms with van der Waals surface area (Å²) in [5.74, 6) is -0.632. The molecular weight excluding hydrogens is 319 g/mol. The van der Waals surface area contributed by atoms with E-state index in [1.165, 1.54) is 6.07 Å². The Bertz CT molecular complexity index is 498. The van der Waals surface area contributed by atoms with E-state index in [2.05, 4.69) is 15.9 Å². The van der Waals surface area contributed by atoms with Crippen molar-refractivity contribution in [3.05, 3.63) is 32.5 Å². The normalized spacial score (nSPS) is 23.1. The molecule has 0 aliphatic heterocycles. The molecule has 0 amide bonds. The molecule has 1 aliphatic carbocycles. The maximum Gasteiger partial charge on any atom is 0.313 e. The predicted molar refractivity (Wildman–Crippen MR) is 71.6 cm³/mol. The van der Waals surface area contributed by atoms with Gasteiger partial charge >= 0.3 is 5.69 Å². The van der Waals surface area contributed by atoms with Gasteiger partial charge < -0.3 is 10.5 Å². The molecule has 0 bridgehead atoms. The number of ether oxygens (including phenoxy) is 1. The maximum absolute atomic E-state index is 13.3. The van der Waals surface area contributed by atoms with E-state index in [1.54, 1.807) is 0 Å². The summed E-state index contributed by atoms with van der Waals surface area (Å²) < 4.78 is 19.1. The van der Waals surface area contributed by atoms with Gasteiger partial charge in [-0.1, -0.05) is 6.42 Å². The number of nitro groups is 1. The van der Waals surface area contributed by atoms with Crippen LogP contribution >= 0.6 is 15.9 Å². The van der Waals surface area contributed by atoms with Crippen LogP contribution in [0.25, 0.3) is 0 Å². The Balaban J connectivity index is 2.27. The number of hydrogen-bond acceptors (Lipinski definition) is 4. The van der Waals surface area contributed by atoms with Crippen molar-refractivity contribution in [1.29, 1.82) is 0 Å². The van der Waals surface area contributed by atoms with Gasteiger partial charge in [-0.05, 0) is 35.2 Å². The first-order valence-electron chi connectivity index (χ1n) is 6.04. The zero-order valence-electron chi connectivity index (χ0n) is 10.1. The van der Waals surface area contributed by atoms with Crippen molar-refractivity contribution in [3.8, 4) is 5.75 Å². The first kappa shape index (κ1) is 14.2. The number of benzene rings is 1. The minimum absolute atomic E-state index is 0.0561. The highest BCUT2D eigenvalue weighted by Gasteiger charge is 2.27. The van der Waals surface area contributed by atoms with Crippen LogP contribution in [0.15, 0.2) is 16.6 Å². The number of nitro benzene ring substituents is 1. The average molecular weight is 333 g/mol. The number of halogens is 2. The Morgan fingerprint density at radius 3 is 2.74 bits per heavy atom. The molecule has 2 N–H and O–H groups in total. The van der Waals surface area contributed by atoms with Gasteiger partial charge in [0.05, 0.1) is 15.5 Å². The Morgan fingerprint density at radius 2 is 2.11 bits per heavy atom. The van der Waals surface area contributed by atoms with Gasteiger partial charge in [0.2, 0.25) is 0 Å². The summed E-state index contributed by atoms with van der Waals surface area (Å²) in [6.07, 6.45) is 3.35. The molecule has 104 valence electrons. The number of hydrogen-bond donors (Lipinski definition) is 1. The molecule has 1 aromatic rings. The van der Waals surface area contributed by atoms with Gasteiger partial charge in [-0.25, -0.2) is 4.39 Å². The van der Waals surface area contributed by atoms with Crippen LogP contribution < -0.4 is 10.5 Å². The highest BCUT2D eigenvalue weighted by molar-refractivity contribution is 9.10. The minimum atomic E-state index is -0.688. The maximum atomic E-state index is 13.3. The molecule has 2 atom stereocenters. The van der Waals surface area contributed by atoms with Gasteiger partial charge in [0, 0.05) is 12.1 Å². The molecule has 19 heavy (non-hydrogen) atoms. The molecular formula is C12H14BrFN2O3. The Kier molecular flexibility index (Phi) is 4.36. The van der Waals surface area contributed by atoms with E-state index in [0.717, 1.165) is 31.7 Å². The van der Waals surface area contributed by atoms with E-state index in [9.17, 15) is 14.5 Å². The Morgan fingerprint density at radius 1 is 1.42 bits per heavy atom. The number of rotatable bonds is 3. The lowest BCUT2D eigenvalue weighted by atomic mass is 9.93. The SMILES string of the molecule is NC1CCCCC1Oc1cc(Br)c(F)cc1[N+](=O)[O-]. The summed E-state index contributed by atoms with van der Waals surface area (Å²) in [5, 5.41) is 10.9. The lowest BCUT2D eigenvalue weighted by Gasteiger charge is -2.28. The van der Waals surface area contributed by atoms with Crippen LogP contribution in [0.5, 0.6) is 5.75 Å². The van der Waals surface area contributed by atoms with Crippen LogP contribution in [0.3, 0.4) is 0 Å². The molecule has 1 saturated carbocycles. The van der Waals surface area contributed by atoms with Crippen LogP contribution in [0.1, 0.15) is 25.7 Å². The molecule has 7 heteroatoms. The zero-order chi connectivity index (χ0) is 14.0. The average Bonchev–Trinajstić information content (AvgIpc) is 2.36. The summed E-state index contributed by atoms with van der Waals surface area (Å²) in [7, 11) is 0. The van der Waals surface area contributed by atoms with Crippen LogP contribution in [0, 0.1) is 15.9 Å². The van der Waals surface area contributed by atoms with Crippen molar-refractivity contribution in [2.75, 3.05) is 0 Å². The lowest BCUT2D eigenvalue weighted by Crippen LogP contribution is -2.41. The highest BCUT2D eigenvalue weighted by Crippen LogP contribution is 2.34. The molecule has 1 aromatic carbocycles. The summed E-state index contributed by atoms with van der Waals surface area (Å²) in [6.45, 7) is 0. The van der Waals surface area contributed by atoms with Gasteiger partial charge in [-0.3, -0.25) is 10.1 Å². The van der Waals surface area contributed by atoms with Gasteiger partial charge in [0.1, 0.15) is 11.9 Å². The molecule has 0 spiro atoms. The molecule has 0 heterocycles. The minimum Gasteiger partial charge on any atom is -0.482 e. The Hall–Kier alpha value is -1.21. The van der Waals surface area contributed by atoms with Gasteiger partial charge in [0.25, 0.3) is 0 Å². The number of nitrogens with two attached hydrogens (primary N) is 1. The van der Waals surface area contributed by atoms with Gasteiger partial charge in [0.15, 0.2) is 5.75 Å². The quantitative estimate of drug-likeness (QED) is 0.681. The second kappa shape index (κ2) is 5.83. The predicted octanol–water partition coefficient (Wildman–Crippen LogP) is 3.15. The fraction of sp³-hybridized carbons (Fsp3) is 0.500. The molecule has 1 fully saturated rings. The van der Waals surface area contributed by atoms with E-state index in [0.29, 0.717) is 0 Å². The third-order valence-corrected chi connectivity index (χ3v) is 3.84. The monoisotopic (exact) mass is 332 g/mol. The fourth-order valence-electron chi connectivity index (χ4n) is 2.19. The summed E-state index contributed by atoms with van der Waals surface area (Å²) in [5.41, 5.74) is 5.56. The standard InChI is InChI=1S/C12H14BrFN2O3/c13-7-5-12(10(16(17)18)6-8(7)14)19-11-4-2-1-3-9(11)15/h5-6,9,11H,1-4,15H2. The van der Waals surface area contributed by atoms with Crippen molar-refractivity contribution >= 4 is 21.6 Å². The Labute approximate surface area is 118 Å². The summed E-state index contributed by atoms with van der Waals surface area (Å²) in [6, 6.07) is 2.00. The van der Waals surface area contributed by atoms with Crippen molar-refractivity contribution in [3.63, 3.8) is 0 Å². The summed E-state index contributed by atoms with van der Waals surface area (Å²) >= 11 is 3.00. The van der Waals surface area contributed by atoms with Crippen molar-refractivity contribution in [2.45, 2.75) is 37.8 Å². The van der Waals surface area contributed by atoms with E-state index < -0.39 is 10.7 Å². The second-order valence-electron chi connectivity index (χ2n) is 4.60. The molecule has 2 rings (SSSR count). The third-order valence-electron chi connectivity index (χ3n) is 3.23. The van der Waals surface area contributed by atoms with E-state index in [4.69, 9.17) is 10.5 Å². The third kappa shape index (κ3) is 3.22. The molecule has 0 radical (unpaired) electrons. The van der Waals surface area contributed by atoms with Crippen molar-refractivity contribution < 1.29 is 14.1 Å². The first-order chi connectivity index (χ1) is 8.99. The smallest absolute Gasteiger partial charge is 0.313 e. The fourth-order valence-corrected chi connectivity index (χ4v) is 2.51. The van der Waals surface area contributed by atoms with Gasteiger partial charge in [-0.15, -0.1) is 0 Å².